The molecule has 2 amide bonds. The third kappa shape index (κ3) is 2.96. The van der Waals surface area contributed by atoms with Crippen LogP contribution in [0, 0.1) is 5.82 Å². The van der Waals surface area contributed by atoms with Gasteiger partial charge < -0.3 is 9.80 Å². The molecule has 0 spiro atoms. The molecule has 0 radical (unpaired) electrons. The van der Waals surface area contributed by atoms with Gasteiger partial charge in [-0.15, -0.1) is 0 Å². The summed E-state index contributed by atoms with van der Waals surface area (Å²) in [5.41, 5.74) is 4.23. The zero-order valence-corrected chi connectivity index (χ0v) is 16.5. The highest BCUT2D eigenvalue weighted by Crippen LogP contribution is 2.51. The van der Waals surface area contributed by atoms with Crippen LogP contribution in [-0.4, -0.2) is 40.7 Å². The van der Waals surface area contributed by atoms with Crippen molar-refractivity contribution in [3.8, 4) is 0 Å². The van der Waals surface area contributed by atoms with Gasteiger partial charge in [0.05, 0.1) is 11.4 Å². The fourth-order valence-electron chi connectivity index (χ4n) is 4.60. The highest BCUT2D eigenvalue weighted by molar-refractivity contribution is 9.09. The number of rotatable bonds is 3. The molecule has 2 aromatic carbocycles. The van der Waals surface area contributed by atoms with Gasteiger partial charge in [-0.25, -0.2) is 4.39 Å². The van der Waals surface area contributed by atoms with E-state index in [4.69, 9.17) is 0 Å². The van der Waals surface area contributed by atoms with E-state index in [1.165, 1.54) is 22.1 Å². The first-order valence-electron chi connectivity index (χ1n) is 8.95. The summed E-state index contributed by atoms with van der Waals surface area (Å²) >= 11 is 3.27. The second kappa shape index (κ2) is 7.08. The molecular weight excluding hydrogens is 411 g/mol. The summed E-state index contributed by atoms with van der Waals surface area (Å²) in [5, 5.41) is 0.158. The Balaban J connectivity index is 1.95. The predicted octanol–water partition coefficient (Wildman–Crippen LogP) is 3.60. The quantitative estimate of drug-likeness (QED) is 0.551. The minimum atomic E-state index is -0.357. The Morgan fingerprint density at radius 3 is 2.74 bits per heavy atom. The van der Waals surface area contributed by atoms with Crippen molar-refractivity contribution >= 4 is 28.2 Å². The molecule has 0 bridgehead atoms. The third-order valence-electron chi connectivity index (χ3n) is 5.77. The van der Waals surface area contributed by atoms with Crippen molar-refractivity contribution in [2.24, 2.45) is 0 Å². The minimum Gasteiger partial charge on any atom is -0.328 e. The van der Waals surface area contributed by atoms with E-state index in [-0.39, 0.29) is 35.2 Å². The normalized spacial score (nSPS) is 23.1. The van der Waals surface area contributed by atoms with Crippen LogP contribution in [0.1, 0.15) is 40.6 Å². The minimum absolute atomic E-state index is 0.0136. The first-order chi connectivity index (χ1) is 13.0. The molecule has 1 aliphatic carbocycles. The molecular formula is C21H20BrFN2O2. The maximum Gasteiger partial charge on any atom is 0.235 e. The Bertz CT molecular complexity index is 904. The number of likely N-dealkylation sites (tertiary alicyclic amines) is 1. The van der Waals surface area contributed by atoms with Gasteiger partial charge in [-0.1, -0.05) is 46.3 Å². The van der Waals surface area contributed by atoms with Crippen LogP contribution in [0.15, 0.2) is 42.5 Å². The lowest BCUT2D eigenvalue weighted by Crippen LogP contribution is -2.46. The number of alkyl halides is 1. The summed E-state index contributed by atoms with van der Waals surface area (Å²) in [6.07, 6.45) is 1.74. The average molecular weight is 431 g/mol. The van der Waals surface area contributed by atoms with E-state index in [9.17, 15) is 14.0 Å². The van der Waals surface area contributed by atoms with Crippen LogP contribution >= 0.6 is 15.9 Å². The number of benzene rings is 2. The number of hydrogen-bond acceptors (Lipinski definition) is 2. The van der Waals surface area contributed by atoms with Crippen LogP contribution in [0.25, 0.3) is 0 Å². The Morgan fingerprint density at radius 1 is 1.26 bits per heavy atom. The fraction of sp³-hybridized carbons (Fsp3) is 0.333. The van der Waals surface area contributed by atoms with E-state index < -0.39 is 0 Å². The van der Waals surface area contributed by atoms with Crippen LogP contribution in [0.3, 0.4) is 0 Å². The summed E-state index contributed by atoms with van der Waals surface area (Å²) in [6, 6.07) is 12.7. The Morgan fingerprint density at radius 2 is 2.00 bits per heavy atom. The molecule has 6 heteroatoms. The lowest BCUT2D eigenvalue weighted by molar-refractivity contribution is -0.137. The number of hydrogen-bond donors (Lipinski definition) is 0. The smallest absolute Gasteiger partial charge is 0.235 e. The van der Waals surface area contributed by atoms with Crippen LogP contribution in [-0.2, 0) is 16.0 Å². The first-order valence-corrected chi connectivity index (χ1v) is 10.1. The maximum absolute atomic E-state index is 14.2. The molecule has 1 fully saturated rings. The molecule has 1 aliphatic heterocycles. The van der Waals surface area contributed by atoms with E-state index in [0.717, 1.165) is 17.5 Å². The Kier molecular flexibility index (Phi) is 4.76. The molecule has 3 atom stereocenters. The van der Waals surface area contributed by atoms with Crippen molar-refractivity contribution in [3.05, 3.63) is 70.5 Å². The van der Waals surface area contributed by atoms with E-state index in [1.807, 2.05) is 18.2 Å². The van der Waals surface area contributed by atoms with E-state index >= 15 is 0 Å². The van der Waals surface area contributed by atoms with Crippen LogP contribution in [0.5, 0.6) is 0 Å². The summed E-state index contributed by atoms with van der Waals surface area (Å²) in [7, 11) is 1.69. The molecule has 1 saturated heterocycles. The predicted molar refractivity (Wildman–Crippen MR) is 104 cm³/mol. The van der Waals surface area contributed by atoms with Crippen molar-refractivity contribution in [1.82, 2.24) is 9.80 Å². The monoisotopic (exact) mass is 430 g/mol. The molecule has 2 aliphatic rings. The summed E-state index contributed by atoms with van der Waals surface area (Å²) in [4.78, 5) is 27.6. The molecule has 0 N–H and O–H groups in total. The van der Waals surface area contributed by atoms with Crippen molar-refractivity contribution in [3.63, 3.8) is 0 Å². The maximum atomic E-state index is 14.2. The standard InChI is InChI=1S/C21H20BrFN2O2/c1-24(12-26)19-10-18-16-5-3-2-4-13(16)8-14-6-7-15(23)9-17(14)21(18)25(19)20(27)11-22/h2-7,9,12,18-19,21H,8,10-11H2,1H3/t18-,19-,21-/m1/s1. The number of carbonyl (C=O) groups excluding carboxylic acids is 2. The first kappa shape index (κ1) is 18.2. The van der Waals surface area contributed by atoms with Crippen molar-refractivity contribution < 1.29 is 14.0 Å². The van der Waals surface area contributed by atoms with Gasteiger partial charge in [0.15, 0.2) is 0 Å². The van der Waals surface area contributed by atoms with Gasteiger partial charge in [0, 0.05) is 13.0 Å². The van der Waals surface area contributed by atoms with Crippen LogP contribution in [0.4, 0.5) is 4.39 Å². The number of amides is 2. The molecule has 27 heavy (non-hydrogen) atoms. The van der Waals surface area contributed by atoms with E-state index in [2.05, 4.69) is 28.1 Å². The van der Waals surface area contributed by atoms with Crippen molar-refractivity contribution in [2.75, 3.05) is 12.4 Å². The number of nitrogens with zero attached hydrogens (tertiary/aromatic N) is 2. The van der Waals surface area contributed by atoms with Gasteiger partial charge in [-0.05, 0) is 47.2 Å². The SMILES string of the molecule is CN(C=O)[C@H]1C[C@@H]2c3ccccc3Cc3ccc(F)cc3[C@H]2N1C(=O)CBr. The second-order valence-electron chi connectivity index (χ2n) is 7.19. The lowest BCUT2D eigenvalue weighted by atomic mass is 9.87. The highest BCUT2D eigenvalue weighted by Gasteiger charge is 2.48. The fourth-order valence-corrected chi connectivity index (χ4v) is 4.89. The molecule has 0 unspecified atom stereocenters. The van der Waals surface area contributed by atoms with Crippen LogP contribution < -0.4 is 0 Å². The lowest BCUT2D eigenvalue weighted by Gasteiger charge is -2.34. The van der Waals surface area contributed by atoms with E-state index in [1.54, 1.807) is 18.0 Å². The van der Waals surface area contributed by atoms with Gasteiger partial charge in [0.2, 0.25) is 12.3 Å². The van der Waals surface area contributed by atoms with Crippen molar-refractivity contribution in [1.29, 1.82) is 0 Å². The Labute approximate surface area is 166 Å². The van der Waals surface area contributed by atoms with Gasteiger partial charge in [-0.2, -0.15) is 0 Å². The number of carbonyl (C=O) groups is 2. The van der Waals surface area contributed by atoms with Crippen LogP contribution in [0.2, 0.25) is 0 Å². The molecule has 140 valence electrons. The third-order valence-corrected chi connectivity index (χ3v) is 6.25. The molecule has 0 saturated carbocycles. The van der Waals surface area contributed by atoms with Gasteiger partial charge >= 0.3 is 0 Å². The van der Waals surface area contributed by atoms with E-state index in [0.29, 0.717) is 12.8 Å². The second-order valence-corrected chi connectivity index (χ2v) is 7.75. The largest absolute Gasteiger partial charge is 0.328 e. The van der Waals surface area contributed by atoms with Gasteiger partial charge in [-0.3, -0.25) is 9.59 Å². The molecule has 0 aromatic heterocycles. The highest BCUT2D eigenvalue weighted by atomic mass is 79.9. The molecule has 1 heterocycles. The molecule has 4 nitrogen and oxygen atoms in total. The average Bonchev–Trinajstić information content (AvgIpc) is 3.03. The zero-order valence-electron chi connectivity index (χ0n) is 14.9. The van der Waals surface area contributed by atoms with Gasteiger partial charge in [0.25, 0.3) is 0 Å². The number of fused-ring (bicyclic) bond motifs is 5. The summed E-state index contributed by atoms with van der Waals surface area (Å²) in [5.74, 6) is -0.396. The molecule has 2 aromatic rings. The Hall–Kier alpha value is -2.21. The van der Waals surface area contributed by atoms with Crippen molar-refractivity contribution in [2.45, 2.75) is 31.0 Å². The zero-order chi connectivity index (χ0) is 19.1. The summed E-state index contributed by atoms with van der Waals surface area (Å²) in [6.45, 7) is 0. The summed E-state index contributed by atoms with van der Waals surface area (Å²) < 4.78 is 14.2. The molecule has 4 rings (SSSR count). The van der Waals surface area contributed by atoms with Gasteiger partial charge in [0.1, 0.15) is 12.0 Å². The number of halogens is 2. The topological polar surface area (TPSA) is 40.6 Å².